The summed E-state index contributed by atoms with van der Waals surface area (Å²) < 4.78 is 6.55. The van der Waals surface area contributed by atoms with Crippen molar-refractivity contribution in [2.75, 3.05) is 6.54 Å². The molecular weight excluding hydrogens is 222 g/mol. The molecule has 0 radical (unpaired) electrons. The molecule has 2 saturated heterocycles. The summed E-state index contributed by atoms with van der Waals surface area (Å²) in [5, 5.41) is 0. The van der Waals surface area contributed by atoms with Crippen molar-refractivity contribution in [3.63, 3.8) is 0 Å². The predicted octanol–water partition coefficient (Wildman–Crippen LogP) is 3.66. The van der Waals surface area contributed by atoms with E-state index in [-0.39, 0.29) is 0 Å². The van der Waals surface area contributed by atoms with Gasteiger partial charge in [-0.15, -0.1) is 0 Å². The first kappa shape index (κ1) is 12.9. The molecule has 3 fully saturated rings. The average Bonchev–Trinajstić information content (AvgIpc) is 2.72. The number of rotatable bonds is 1. The van der Waals surface area contributed by atoms with Crippen LogP contribution >= 0.6 is 0 Å². The third kappa shape index (κ3) is 1.84. The number of hydrogen-bond donors (Lipinski definition) is 0. The van der Waals surface area contributed by atoms with E-state index in [0.29, 0.717) is 17.9 Å². The van der Waals surface area contributed by atoms with Gasteiger partial charge in [-0.05, 0) is 51.4 Å². The third-order valence-electron chi connectivity index (χ3n) is 5.99. The molecule has 0 aromatic carbocycles. The predicted molar refractivity (Wildman–Crippen MR) is 74.3 cm³/mol. The second-order valence-corrected chi connectivity index (χ2v) is 7.39. The van der Waals surface area contributed by atoms with Crippen LogP contribution in [-0.2, 0) is 4.74 Å². The highest BCUT2D eigenvalue weighted by molar-refractivity contribution is 5.03. The highest BCUT2D eigenvalue weighted by atomic mass is 16.5. The van der Waals surface area contributed by atoms with Gasteiger partial charge < -0.3 is 4.74 Å². The number of ether oxygens (including phenoxy) is 1. The van der Waals surface area contributed by atoms with Gasteiger partial charge in [-0.2, -0.15) is 0 Å². The molecule has 0 N–H and O–H groups in total. The maximum atomic E-state index is 6.55. The molecule has 2 heterocycles. The first-order chi connectivity index (χ1) is 8.54. The monoisotopic (exact) mass is 251 g/mol. The molecule has 1 aliphatic carbocycles. The minimum Gasteiger partial charge on any atom is -0.359 e. The number of hydrogen-bond acceptors (Lipinski definition) is 2. The number of nitrogens with zero attached hydrogens (tertiary/aromatic N) is 1. The van der Waals surface area contributed by atoms with Crippen molar-refractivity contribution in [3.8, 4) is 0 Å². The fourth-order valence-corrected chi connectivity index (χ4v) is 4.71. The maximum Gasteiger partial charge on any atom is 0.114 e. The summed E-state index contributed by atoms with van der Waals surface area (Å²) in [7, 11) is 0. The number of fused-ring (bicyclic) bond motifs is 2. The Morgan fingerprint density at radius 1 is 1.22 bits per heavy atom. The molecule has 3 rings (SSSR count). The lowest BCUT2D eigenvalue weighted by atomic mass is 9.70. The van der Waals surface area contributed by atoms with Gasteiger partial charge in [0.15, 0.2) is 0 Å². The Balaban J connectivity index is 1.85. The second kappa shape index (κ2) is 4.49. The Hall–Kier alpha value is -0.0800. The van der Waals surface area contributed by atoms with Crippen LogP contribution in [0.4, 0.5) is 0 Å². The van der Waals surface area contributed by atoms with Crippen LogP contribution in [0.25, 0.3) is 0 Å². The second-order valence-electron chi connectivity index (χ2n) is 7.39. The van der Waals surface area contributed by atoms with Crippen molar-refractivity contribution in [2.24, 2.45) is 17.8 Å². The van der Waals surface area contributed by atoms with E-state index in [4.69, 9.17) is 4.74 Å². The lowest BCUT2D eigenvalue weighted by molar-refractivity contribution is -0.228. The molecule has 18 heavy (non-hydrogen) atoms. The van der Waals surface area contributed by atoms with Crippen molar-refractivity contribution in [1.29, 1.82) is 0 Å². The fraction of sp³-hybridized carbons (Fsp3) is 1.00. The van der Waals surface area contributed by atoms with Crippen molar-refractivity contribution in [2.45, 2.75) is 77.7 Å². The largest absolute Gasteiger partial charge is 0.359 e. The summed E-state index contributed by atoms with van der Waals surface area (Å²) in [5.74, 6) is 2.37. The molecule has 3 aliphatic rings. The van der Waals surface area contributed by atoms with Crippen LogP contribution in [0.5, 0.6) is 0 Å². The highest BCUT2D eigenvalue weighted by Crippen LogP contribution is 2.49. The summed E-state index contributed by atoms with van der Waals surface area (Å²) in [6.45, 7) is 10.9. The molecule has 0 spiro atoms. The Labute approximate surface area is 112 Å². The first-order valence-corrected chi connectivity index (χ1v) is 7.96. The lowest BCUT2D eigenvalue weighted by Crippen LogP contribution is -2.63. The van der Waals surface area contributed by atoms with Crippen LogP contribution in [0.15, 0.2) is 0 Å². The topological polar surface area (TPSA) is 12.5 Å². The first-order valence-electron chi connectivity index (χ1n) is 7.96. The van der Waals surface area contributed by atoms with E-state index in [1.807, 2.05) is 0 Å². The zero-order valence-electron chi connectivity index (χ0n) is 12.5. The molecule has 1 saturated carbocycles. The Bertz CT molecular complexity index is 310. The average molecular weight is 251 g/mol. The quantitative estimate of drug-likeness (QED) is 0.705. The molecule has 5 atom stereocenters. The standard InChI is InChI=1S/C16H29NO/c1-5-12-8-9-17-15(12)18-14-10-11(2)6-7-13(14)16(17,3)4/h11-15H,5-10H2,1-4H3/t11-,12+,13-,14-,15+/m1/s1. The zero-order chi connectivity index (χ0) is 12.9. The normalized spacial score (nSPS) is 47.7. The van der Waals surface area contributed by atoms with Gasteiger partial charge in [0.25, 0.3) is 0 Å². The van der Waals surface area contributed by atoms with Gasteiger partial charge in [-0.1, -0.05) is 20.3 Å². The summed E-state index contributed by atoms with van der Waals surface area (Å²) in [4.78, 5) is 2.68. The minimum absolute atomic E-state index is 0.345. The van der Waals surface area contributed by atoms with Crippen molar-refractivity contribution >= 4 is 0 Å². The lowest BCUT2D eigenvalue weighted by Gasteiger charge is -2.56. The SMILES string of the molecule is CC[C@H]1CCN2[C@H]1O[C@@H]1C[C@H](C)CC[C@H]1C2(C)C. The van der Waals surface area contributed by atoms with Crippen molar-refractivity contribution in [3.05, 3.63) is 0 Å². The Morgan fingerprint density at radius 3 is 2.72 bits per heavy atom. The van der Waals surface area contributed by atoms with E-state index in [9.17, 15) is 0 Å². The minimum atomic E-state index is 0.345. The molecule has 0 bridgehead atoms. The van der Waals surface area contributed by atoms with Crippen LogP contribution in [-0.4, -0.2) is 29.3 Å². The summed E-state index contributed by atoms with van der Waals surface area (Å²) in [6, 6.07) is 0. The van der Waals surface area contributed by atoms with Crippen LogP contribution in [0, 0.1) is 17.8 Å². The highest BCUT2D eigenvalue weighted by Gasteiger charge is 2.53. The van der Waals surface area contributed by atoms with E-state index in [0.717, 1.165) is 17.8 Å². The van der Waals surface area contributed by atoms with Gasteiger partial charge in [-0.25, -0.2) is 0 Å². The van der Waals surface area contributed by atoms with Gasteiger partial charge >= 0.3 is 0 Å². The van der Waals surface area contributed by atoms with Gasteiger partial charge in [0.2, 0.25) is 0 Å². The molecule has 0 unspecified atom stereocenters. The molecule has 0 aromatic heterocycles. The molecule has 104 valence electrons. The smallest absolute Gasteiger partial charge is 0.114 e. The third-order valence-corrected chi connectivity index (χ3v) is 5.99. The van der Waals surface area contributed by atoms with Gasteiger partial charge in [-0.3, -0.25) is 4.90 Å². The molecule has 2 aliphatic heterocycles. The van der Waals surface area contributed by atoms with Crippen molar-refractivity contribution in [1.82, 2.24) is 4.90 Å². The fourth-order valence-electron chi connectivity index (χ4n) is 4.71. The molecule has 0 amide bonds. The van der Waals surface area contributed by atoms with Crippen LogP contribution in [0.2, 0.25) is 0 Å². The van der Waals surface area contributed by atoms with Gasteiger partial charge in [0.1, 0.15) is 6.23 Å². The van der Waals surface area contributed by atoms with E-state index < -0.39 is 0 Å². The zero-order valence-corrected chi connectivity index (χ0v) is 12.5. The summed E-state index contributed by atoms with van der Waals surface area (Å²) >= 11 is 0. The van der Waals surface area contributed by atoms with Crippen molar-refractivity contribution < 1.29 is 4.74 Å². The molecular formula is C16H29NO. The molecule has 2 heteroatoms. The van der Waals surface area contributed by atoms with Crippen LogP contribution in [0.3, 0.4) is 0 Å². The van der Waals surface area contributed by atoms with Gasteiger partial charge in [0.05, 0.1) is 6.10 Å². The van der Waals surface area contributed by atoms with Crippen LogP contribution in [0.1, 0.15) is 59.8 Å². The Kier molecular flexibility index (Phi) is 3.22. The van der Waals surface area contributed by atoms with E-state index in [1.165, 1.54) is 38.6 Å². The van der Waals surface area contributed by atoms with E-state index in [2.05, 4.69) is 32.6 Å². The van der Waals surface area contributed by atoms with E-state index >= 15 is 0 Å². The molecule has 2 nitrogen and oxygen atoms in total. The Morgan fingerprint density at radius 2 is 2.00 bits per heavy atom. The summed E-state index contributed by atoms with van der Waals surface area (Å²) in [6.07, 6.45) is 7.58. The van der Waals surface area contributed by atoms with Gasteiger partial charge in [0, 0.05) is 18.0 Å². The molecule has 0 aromatic rings. The maximum absolute atomic E-state index is 6.55. The summed E-state index contributed by atoms with van der Waals surface area (Å²) in [5.41, 5.74) is 0.345. The van der Waals surface area contributed by atoms with E-state index in [1.54, 1.807) is 0 Å². The van der Waals surface area contributed by atoms with Crippen LogP contribution < -0.4 is 0 Å².